The molecule has 2 aliphatic heterocycles. The molecule has 2 amide bonds. The molecule has 0 spiro atoms. The van der Waals surface area contributed by atoms with E-state index in [2.05, 4.69) is 17.1 Å². The van der Waals surface area contributed by atoms with Crippen molar-refractivity contribution in [2.75, 3.05) is 19.6 Å². The monoisotopic (exact) mass is 358 g/mol. The summed E-state index contributed by atoms with van der Waals surface area (Å²) >= 11 is 0. The SMILES string of the molecule is Cc1noc(C2CC(=O)N(C3CN(C(=O)C=C4CCC(C)CC4)C3)C2)n1. The third-order valence-electron chi connectivity index (χ3n) is 5.91. The summed E-state index contributed by atoms with van der Waals surface area (Å²) < 4.78 is 5.22. The predicted octanol–water partition coefficient (Wildman–Crippen LogP) is 2.04. The molecule has 3 fully saturated rings. The molecule has 1 unspecified atom stereocenters. The first-order chi connectivity index (χ1) is 12.5. The van der Waals surface area contributed by atoms with Crippen molar-refractivity contribution in [3.63, 3.8) is 0 Å². The summed E-state index contributed by atoms with van der Waals surface area (Å²) in [5.74, 6) is 2.09. The zero-order chi connectivity index (χ0) is 18.3. The Hall–Kier alpha value is -2.18. The Balaban J connectivity index is 1.30. The first-order valence-corrected chi connectivity index (χ1v) is 9.57. The number of aryl methyl sites for hydroxylation is 1. The van der Waals surface area contributed by atoms with Gasteiger partial charge in [0.15, 0.2) is 5.82 Å². The minimum Gasteiger partial charge on any atom is -0.339 e. The van der Waals surface area contributed by atoms with Gasteiger partial charge < -0.3 is 14.3 Å². The van der Waals surface area contributed by atoms with Crippen molar-refractivity contribution in [1.29, 1.82) is 0 Å². The fourth-order valence-electron chi connectivity index (χ4n) is 4.10. The quantitative estimate of drug-likeness (QED) is 0.773. The number of nitrogens with zero attached hydrogens (tertiary/aromatic N) is 4. The zero-order valence-electron chi connectivity index (χ0n) is 15.5. The maximum atomic E-state index is 12.4. The van der Waals surface area contributed by atoms with E-state index in [0.717, 1.165) is 18.8 Å². The predicted molar refractivity (Wildman–Crippen MR) is 94.2 cm³/mol. The zero-order valence-corrected chi connectivity index (χ0v) is 15.5. The highest BCUT2D eigenvalue weighted by Crippen LogP contribution is 2.31. The summed E-state index contributed by atoms with van der Waals surface area (Å²) in [6, 6.07) is 0.116. The highest BCUT2D eigenvalue weighted by Gasteiger charge is 2.43. The molecule has 1 aliphatic carbocycles. The normalized spacial score (nSPS) is 27.0. The third-order valence-corrected chi connectivity index (χ3v) is 5.91. The van der Waals surface area contributed by atoms with Crippen molar-refractivity contribution in [3.8, 4) is 0 Å². The van der Waals surface area contributed by atoms with Crippen LogP contribution in [0.25, 0.3) is 0 Å². The van der Waals surface area contributed by atoms with E-state index in [1.807, 2.05) is 15.9 Å². The van der Waals surface area contributed by atoms with Crippen molar-refractivity contribution in [2.24, 2.45) is 5.92 Å². The van der Waals surface area contributed by atoms with Crippen LogP contribution in [0.1, 0.15) is 56.7 Å². The molecule has 1 saturated carbocycles. The van der Waals surface area contributed by atoms with Gasteiger partial charge in [0.25, 0.3) is 0 Å². The van der Waals surface area contributed by atoms with Crippen LogP contribution in [0.5, 0.6) is 0 Å². The highest BCUT2D eigenvalue weighted by atomic mass is 16.5. The Morgan fingerprint density at radius 2 is 1.96 bits per heavy atom. The molecule has 140 valence electrons. The topological polar surface area (TPSA) is 79.5 Å². The third kappa shape index (κ3) is 3.39. The minimum absolute atomic E-state index is 0.0280. The molecule has 0 radical (unpaired) electrons. The second-order valence-electron chi connectivity index (χ2n) is 8.01. The second-order valence-corrected chi connectivity index (χ2v) is 8.01. The molecule has 3 heterocycles. The first kappa shape index (κ1) is 17.2. The lowest BCUT2D eigenvalue weighted by Gasteiger charge is -2.43. The van der Waals surface area contributed by atoms with Crippen LogP contribution in [0.15, 0.2) is 16.2 Å². The minimum atomic E-state index is -0.0280. The van der Waals surface area contributed by atoms with Gasteiger partial charge in [0.05, 0.1) is 12.0 Å². The smallest absolute Gasteiger partial charge is 0.246 e. The fourth-order valence-corrected chi connectivity index (χ4v) is 4.10. The summed E-state index contributed by atoms with van der Waals surface area (Å²) in [6.07, 6.45) is 6.69. The van der Waals surface area contributed by atoms with E-state index in [9.17, 15) is 9.59 Å². The number of allylic oxidation sites excluding steroid dienone is 1. The van der Waals surface area contributed by atoms with Gasteiger partial charge >= 0.3 is 0 Å². The lowest BCUT2D eigenvalue weighted by Crippen LogP contribution is -2.61. The summed E-state index contributed by atoms with van der Waals surface area (Å²) in [4.78, 5) is 32.7. The molecule has 3 aliphatic rings. The second kappa shape index (κ2) is 6.85. The Bertz CT molecular complexity index is 725. The number of rotatable bonds is 3. The van der Waals surface area contributed by atoms with Gasteiger partial charge in [0.1, 0.15) is 0 Å². The van der Waals surface area contributed by atoms with Gasteiger partial charge in [0.2, 0.25) is 17.7 Å². The molecule has 2 saturated heterocycles. The number of likely N-dealkylation sites (tertiary alicyclic amines) is 2. The van der Waals surface area contributed by atoms with E-state index >= 15 is 0 Å². The lowest BCUT2D eigenvalue weighted by atomic mass is 9.87. The summed E-state index contributed by atoms with van der Waals surface area (Å²) in [5.41, 5.74) is 1.28. The van der Waals surface area contributed by atoms with E-state index < -0.39 is 0 Å². The summed E-state index contributed by atoms with van der Waals surface area (Å²) in [6.45, 7) is 5.90. The van der Waals surface area contributed by atoms with E-state index in [4.69, 9.17) is 4.52 Å². The number of aromatic nitrogens is 2. The van der Waals surface area contributed by atoms with E-state index in [1.54, 1.807) is 6.92 Å². The van der Waals surface area contributed by atoms with Gasteiger partial charge in [-0.25, -0.2) is 0 Å². The number of amides is 2. The molecule has 1 aromatic heterocycles. The van der Waals surface area contributed by atoms with Crippen molar-refractivity contribution < 1.29 is 14.1 Å². The molecule has 1 atom stereocenters. The molecule has 0 bridgehead atoms. The van der Waals surface area contributed by atoms with Crippen molar-refractivity contribution in [1.82, 2.24) is 19.9 Å². The molecule has 0 aromatic carbocycles. The maximum absolute atomic E-state index is 12.4. The Morgan fingerprint density at radius 1 is 1.23 bits per heavy atom. The number of hydrogen-bond acceptors (Lipinski definition) is 5. The van der Waals surface area contributed by atoms with Gasteiger partial charge in [-0.1, -0.05) is 17.7 Å². The average molecular weight is 358 g/mol. The van der Waals surface area contributed by atoms with Crippen molar-refractivity contribution >= 4 is 11.8 Å². The molecular weight excluding hydrogens is 332 g/mol. The molecule has 7 heteroatoms. The first-order valence-electron chi connectivity index (χ1n) is 9.57. The largest absolute Gasteiger partial charge is 0.339 e. The van der Waals surface area contributed by atoms with Crippen LogP contribution in [0.2, 0.25) is 0 Å². The Labute approximate surface area is 153 Å². The summed E-state index contributed by atoms with van der Waals surface area (Å²) in [7, 11) is 0. The van der Waals surface area contributed by atoms with Crippen LogP contribution in [-0.2, 0) is 9.59 Å². The van der Waals surface area contributed by atoms with Gasteiger partial charge in [-0.2, -0.15) is 4.98 Å². The molecule has 26 heavy (non-hydrogen) atoms. The lowest BCUT2D eigenvalue weighted by molar-refractivity contribution is -0.141. The van der Waals surface area contributed by atoms with Gasteiger partial charge in [-0.05, 0) is 38.5 Å². The Morgan fingerprint density at radius 3 is 2.62 bits per heavy atom. The van der Waals surface area contributed by atoms with Crippen LogP contribution < -0.4 is 0 Å². The molecule has 1 aromatic rings. The molecule has 4 rings (SSSR count). The molecule has 7 nitrogen and oxygen atoms in total. The van der Waals surface area contributed by atoms with Crippen molar-refractivity contribution in [3.05, 3.63) is 23.4 Å². The number of carbonyl (C=O) groups excluding carboxylic acids is 2. The molecular formula is C19H26N4O3. The molecule has 0 N–H and O–H groups in total. The van der Waals surface area contributed by atoms with Crippen LogP contribution in [0.3, 0.4) is 0 Å². The van der Waals surface area contributed by atoms with Gasteiger partial charge in [-0.15, -0.1) is 0 Å². The van der Waals surface area contributed by atoms with Crippen LogP contribution in [-0.4, -0.2) is 57.4 Å². The van der Waals surface area contributed by atoms with Crippen LogP contribution >= 0.6 is 0 Å². The average Bonchev–Trinajstić information content (AvgIpc) is 3.15. The Kier molecular flexibility index (Phi) is 4.54. The van der Waals surface area contributed by atoms with E-state index in [-0.39, 0.29) is 23.8 Å². The van der Waals surface area contributed by atoms with Gasteiger partial charge in [0, 0.05) is 32.1 Å². The number of carbonyl (C=O) groups is 2. The van der Waals surface area contributed by atoms with Crippen LogP contribution in [0, 0.1) is 12.8 Å². The van der Waals surface area contributed by atoms with Gasteiger partial charge in [-0.3, -0.25) is 9.59 Å². The van der Waals surface area contributed by atoms with Crippen LogP contribution in [0.4, 0.5) is 0 Å². The standard InChI is InChI=1S/C19H26N4O3/c1-12-3-5-14(6-4-12)7-17(24)22-10-16(11-22)23-9-15(8-18(23)25)19-20-13(2)21-26-19/h7,12,15-16H,3-6,8-11H2,1-2H3. The maximum Gasteiger partial charge on any atom is 0.246 e. The fraction of sp³-hybridized carbons (Fsp3) is 0.684. The summed E-state index contributed by atoms with van der Waals surface area (Å²) in [5, 5.41) is 3.81. The van der Waals surface area contributed by atoms with Crippen molar-refractivity contribution in [2.45, 2.75) is 57.9 Å². The van der Waals surface area contributed by atoms with E-state index in [0.29, 0.717) is 37.8 Å². The highest BCUT2D eigenvalue weighted by molar-refractivity contribution is 5.89. The number of hydrogen-bond donors (Lipinski definition) is 0. The van der Waals surface area contributed by atoms with E-state index in [1.165, 1.54) is 18.4 Å².